The minimum atomic E-state index is -0.999. The summed E-state index contributed by atoms with van der Waals surface area (Å²) in [5.41, 5.74) is 5.26. The molecule has 1 N–H and O–H groups in total. The van der Waals surface area contributed by atoms with Crippen molar-refractivity contribution in [1.29, 1.82) is 0 Å². The van der Waals surface area contributed by atoms with E-state index in [0.29, 0.717) is 11.1 Å². The molecule has 0 spiro atoms. The summed E-state index contributed by atoms with van der Waals surface area (Å²) in [6.07, 6.45) is 16.4. The second-order valence-electron chi connectivity index (χ2n) is 7.81. The Morgan fingerprint density at radius 3 is 1.73 bits per heavy atom. The number of aromatic carboxylic acids is 1. The van der Waals surface area contributed by atoms with Gasteiger partial charge in [0.15, 0.2) is 0 Å². The van der Waals surface area contributed by atoms with Gasteiger partial charge < -0.3 is 5.11 Å². The Kier molecular flexibility index (Phi) is 8.13. The van der Waals surface area contributed by atoms with Crippen LogP contribution < -0.4 is 0 Å². The maximum absolute atomic E-state index is 12.4. The second kappa shape index (κ2) is 11.4. The van der Waals surface area contributed by atoms with E-state index in [-0.39, 0.29) is 5.56 Å². The van der Waals surface area contributed by atoms with Gasteiger partial charge in [-0.25, -0.2) is 4.79 Å². The molecule has 3 aromatic rings. The van der Waals surface area contributed by atoms with Gasteiger partial charge in [-0.15, -0.1) is 12.8 Å². The Morgan fingerprint density at radius 1 is 0.788 bits per heavy atom. The van der Waals surface area contributed by atoms with E-state index in [1.807, 2.05) is 60.7 Å². The molecule has 0 atom stereocenters. The minimum absolute atomic E-state index is 0.227. The lowest BCUT2D eigenvalue weighted by Gasteiger charge is -2.14. The van der Waals surface area contributed by atoms with Crippen LogP contribution in [-0.4, -0.2) is 11.1 Å². The number of carbonyl (C=O) groups is 1. The molecule has 0 saturated heterocycles. The fraction of sp³-hybridized carbons (Fsp3) is 0.194. The number of unbranched alkanes of at least 4 members (excludes halogenated alkanes) is 4. The Balaban J connectivity index is 2.14. The molecule has 2 nitrogen and oxygen atoms in total. The minimum Gasteiger partial charge on any atom is -0.478 e. The van der Waals surface area contributed by atoms with Gasteiger partial charge in [0.1, 0.15) is 0 Å². The van der Waals surface area contributed by atoms with Crippen molar-refractivity contribution in [2.75, 3.05) is 0 Å². The van der Waals surface area contributed by atoms with E-state index in [4.69, 9.17) is 12.8 Å². The van der Waals surface area contributed by atoms with Crippen LogP contribution in [0.1, 0.15) is 66.1 Å². The molecule has 2 heteroatoms. The predicted octanol–water partition coefficient (Wildman–Crippen LogP) is 7.00. The van der Waals surface area contributed by atoms with E-state index >= 15 is 0 Å². The Hall–Kier alpha value is -4.19. The van der Waals surface area contributed by atoms with Crippen molar-refractivity contribution in [3.8, 4) is 58.8 Å². The van der Waals surface area contributed by atoms with Crippen LogP contribution in [0.3, 0.4) is 0 Å². The second-order valence-corrected chi connectivity index (χ2v) is 7.81. The van der Waals surface area contributed by atoms with Crippen LogP contribution >= 0.6 is 0 Å². The average Bonchev–Trinajstić information content (AvgIpc) is 2.85. The highest BCUT2D eigenvalue weighted by Crippen LogP contribution is 2.34. The average molecular weight is 431 g/mol. The van der Waals surface area contributed by atoms with E-state index in [9.17, 15) is 9.90 Å². The summed E-state index contributed by atoms with van der Waals surface area (Å²) in [6.45, 7) is 2.19. The summed E-state index contributed by atoms with van der Waals surface area (Å²) < 4.78 is 0. The maximum atomic E-state index is 12.4. The normalized spacial score (nSPS) is 9.91. The lowest BCUT2D eigenvalue weighted by atomic mass is 9.89. The van der Waals surface area contributed by atoms with Gasteiger partial charge in [-0.1, -0.05) is 74.1 Å². The first-order valence-electron chi connectivity index (χ1n) is 11.1. The highest BCUT2D eigenvalue weighted by atomic mass is 16.4. The highest BCUT2D eigenvalue weighted by Gasteiger charge is 2.19. The van der Waals surface area contributed by atoms with E-state index < -0.39 is 5.97 Å². The van der Waals surface area contributed by atoms with Crippen LogP contribution in [0.5, 0.6) is 0 Å². The third kappa shape index (κ3) is 5.95. The quantitative estimate of drug-likeness (QED) is 0.323. The molecule has 0 heterocycles. The molecular weight excluding hydrogens is 404 g/mol. The molecule has 0 unspecified atom stereocenters. The first kappa shape index (κ1) is 23.5. The molecule has 162 valence electrons. The van der Waals surface area contributed by atoms with Gasteiger partial charge in [-0.05, 0) is 65.1 Å². The molecular formula is C31H26O2. The molecule has 0 fully saturated rings. The fourth-order valence-corrected chi connectivity index (χ4v) is 3.70. The SMILES string of the molecule is C#Cc1ccc(-c2cc(C#CCCCCCC)cc(-c3ccc(C#C)cc3)c2C(=O)O)cc1. The number of terminal acetylenes is 2. The van der Waals surface area contributed by atoms with E-state index in [2.05, 4.69) is 30.6 Å². The molecule has 0 aliphatic heterocycles. The number of rotatable bonds is 7. The smallest absolute Gasteiger partial charge is 0.336 e. The van der Waals surface area contributed by atoms with Crippen LogP contribution in [-0.2, 0) is 0 Å². The van der Waals surface area contributed by atoms with E-state index in [1.54, 1.807) is 0 Å². The van der Waals surface area contributed by atoms with Crippen LogP contribution in [0.2, 0.25) is 0 Å². The Labute approximate surface area is 196 Å². The first-order valence-corrected chi connectivity index (χ1v) is 11.1. The highest BCUT2D eigenvalue weighted by molar-refractivity contribution is 6.03. The van der Waals surface area contributed by atoms with Crippen LogP contribution in [0, 0.1) is 36.5 Å². The van der Waals surface area contributed by atoms with Gasteiger partial charge in [0, 0.05) is 23.1 Å². The Bertz CT molecular complexity index is 1190. The van der Waals surface area contributed by atoms with Crippen molar-refractivity contribution in [3.63, 3.8) is 0 Å². The van der Waals surface area contributed by atoms with Crippen LogP contribution in [0.25, 0.3) is 22.3 Å². The molecule has 0 aromatic heterocycles. The molecule has 33 heavy (non-hydrogen) atoms. The number of carboxylic acids is 1. The third-order valence-electron chi connectivity index (χ3n) is 5.47. The lowest BCUT2D eigenvalue weighted by molar-refractivity contribution is 0.0698. The molecule has 0 bridgehead atoms. The summed E-state index contributed by atoms with van der Waals surface area (Å²) in [7, 11) is 0. The van der Waals surface area contributed by atoms with Crippen LogP contribution in [0.4, 0.5) is 0 Å². The number of carboxylic acid groups (broad SMARTS) is 1. The van der Waals surface area contributed by atoms with Gasteiger partial charge in [0.2, 0.25) is 0 Å². The molecule has 3 aromatic carbocycles. The van der Waals surface area contributed by atoms with Gasteiger partial charge in [-0.2, -0.15) is 0 Å². The van der Waals surface area contributed by atoms with Gasteiger partial charge in [0.25, 0.3) is 0 Å². The molecule has 0 aliphatic carbocycles. The zero-order chi connectivity index (χ0) is 23.6. The maximum Gasteiger partial charge on any atom is 0.336 e. The van der Waals surface area contributed by atoms with Crippen molar-refractivity contribution in [1.82, 2.24) is 0 Å². The van der Waals surface area contributed by atoms with Crippen molar-refractivity contribution < 1.29 is 9.90 Å². The molecule has 0 aliphatic rings. The standard InChI is InChI=1S/C31H26O2/c1-4-7-8-9-10-11-12-25-21-28(26-17-13-23(5-2)14-18-26)30(31(32)33)29(22-25)27-19-15-24(6-3)16-20-27/h2-3,13-22H,4,7-10H2,1H3,(H,32,33). The van der Waals surface area contributed by atoms with E-state index in [1.165, 1.54) is 19.3 Å². The Morgan fingerprint density at radius 2 is 1.30 bits per heavy atom. The fourth-order valence-electron chi connectivity index (χ4n) is 3.70. The van der Waals surface area contributed by atoms with Gasteiger partial charge >= 0.3 is 5.97 Å². The first-order chi connectivity index (χ1) is 16.1. The van der Waals surface area contributed by atoms with E-state index in [0.717, 1.165) is 40.7 Å². The number of hydrogen-bond acceptors (Lipinski definition) is 1. The van der Waals surface area contributed by atoms with Gasteiger partial charge in [-0.3, -0.25) is 0 Å². The van der Waals surface area contributed by atoms with Crippen molar-refractivity contribution in [2.24, 2.45) is 0 Å². The number of hydrogen-bond donors (Lipinski definition) is 1. The summed E-state index contributed by atoms with van der Waals surface area (Å²) in [5.74, 6) is 10.7. The third-order valence-corrected chi connectivity index (χ3v) is 5.47. The molecule has 0 radical (unpaired) electrons. The molecule has 3 rings (SSSR count). The summed E-state index contributed by atoms with van der Waals surface area (Å²) in [4.78, 5) is 12.4. The van der Waals surface area contributed by atoms with Crippen LogP contribution in [0.15, 0.2) is 60.7 Å². The van der Waals surface area contributed by atoms with Crippen molar-refractivity contribution in [3.05, 3.63) is 82.9 Å². The van der Waals surface area contributed by atoms with Crippen molar-refractivity contribution in [2.45, 2.75) is 39.0 Å². The molecule has 0 saturated carbocycles. The summed E-state index contributed by atoms with van der Waals surface area (Å²) in [5, 5.41) is 10.2. The molecule has 0 amide bonds. The monoisotopic (exact) mass is 430 g/mol. The number of benzene rings is 3. The topological polar surface area (TPSA) is 37.3 Å². The van der Waals surface area contributed by atoms with Gasteiger partial charge in [0.05, 0.1) is 5.56 Å². The van der Waals surface area contributed by atoms with Crippen molar-refractivity contribution >= 4 is 5.97 Å². The zero-order valence-electron chi connectivity index (χ0n) is 18.8. The summed E-state index contributed by atoms with van der Waals surface area (Å²) >= 11 is 0. The largest absolute Gasteiger partial charge is 0.478 e. The summed E-state index contributed by atoms with van der Waals surface area (Å²) in [6, 6.07) is 18.4. The predicted molar refractivity (Wildman–Crippen MR) is 136 cm³/mol. The zero-order valence-corrected chi connectivity index (χ0v) is 18.8. The lowest BCUT2D eigenvalue weighted by Crippen LogP contribution is -2.04.